The molecule has 0 aliphatic heterocycles. The van der Waals surface area contributed by atoms with E-state index in [4.69, 9.17) is 17.2 Å². The highest BCUT2D eigenvalue weighted by Gasteiger charge is 2.28. The quantitative estimate of drug-likeness (QED) is 0.117. The van der Waals surface area contributed by atoms with Crippen LogP contribution >= 0.6 is 0 Å². The number of phenols is 1. The van der Waals surface area contributed by atoms with Crippen LogP contribution in [0.3, 0.4) is 0 Å². The smallest absolute Gasteiger partial charge is 0.326 e. The van der Waals surface area contributed by atoms with Crippen LogP contribution in [0.1, 0.15) is 38.7 Å². The monoisotopic (exact) mass is 450 g/mol. The standard InChI is InChI=1S/C21H34N6O5/c1-12(2)10-17(20(31)32)27-19(30)16(11-13-5-7-14(28)8-6-13)26-18(29)15(22)4-3-9-25-21(23)24/h5-8,12,15-17,28H,3-4,9-11,22H2,1-2H3,(H,26,29)(H,27,30)(H,31,32)(H4,23,24,25)/t15-,16-,17-/m1/s1. The van der Waals surface area contributed by atoms with Gasteiger partial charge in [-0.15, -0.1) is 0 Å². The number of amides is 2. The van der Waals surface area contributed by atoms with Gasteiger partial charge in [-0.1, -0.05) is 26.0 Å². The summed E-state index contributed by atoms with van der Waals surface area (Å²) in [4.78, 5) is 40.8. The van der Waals surface area contributed by atoms with E-state index in [1.807, 2.05) is 13.8 Å². The zero-order valence-electron chi connectivity index (χ0n) is 18.5. The van der Waals surface area contributed by atoms with Crippen LogP contribution in [0.15, 0.2) is 29.3 Å². The first kappa shape index (κ1) is 26.7. The SMILES string of the molecule is CC(C)C[C@@H](NC(=O)[C@@H](Cc1ccc(O)cc1)NC(=O)[C@H](N)CCCN=C(N)N)C(=O)O. The molecule has 0 aliphatic carbocycles. The lowest BCUT2D eigenvalue weighted by Gasteiger charge is -2.23. The molecule has 0 saturated heterocycles. The molecule has 2 amide bonds. The Kier molecular flexibility index (Phi) is 11.0. The molecule has 0 radical (unpaired) electrons. The maximum atomic E-state index is 12.9. The molecule has 1 aromatic rings. The topological polar surface area (TPSA) is 206 Å². The highest BCUT2D eigenvalue weighted by molar-refractivity contribution is 5.92. The molecule has 178 valence electrons. The Hall–Kier alpha value is -3.34. The number of aromatic hydroxyl groups is 1. The minimum Gasteiger partial charge on any atom is -0.508 e. The third-order valence-corrected chi connectivity index (χ3v) is 4.64. The van der Waals surface area contributed by atoms with E-state index in [0.717, 1.165) is 0 Å². The van der Waals surface area contributed by atoms with Crippen molar-refractivity contribution < 1.29 is 24.6 Å². The van der Waals surface area contributed by atoms with E-state index in [1.54, 1.807) is 12.1 Å². The molecule has 0 heterocycles. The first-order valence-electron chi connectivity index (χ1n) is 10.4. The fourth-order valence-electron chi connectivity index (χ4n) is 2.97. The van der Waals surface area contributed by atoms with Crippen molar-refractivity contribution in [2.24, 2.45) is 28.1 Å². The Balaban J connectivity index is 2.90. The number of hydrogen-bond donors (Lipinski definition) is 7. The minimum atomic E-state index is -1.15. The molecule has 0 fully saturated rings. The van der Waals surface area contributed by atoms with Crippen molar-refractivity contribution in [1.29, 1.82) is 0 Å². The van der Waals surface area contributed by atoms with Gasteiger partial charge in [-0.3, -0.25) is 14.6 Å². The van der Waals surface area contributed by atoms with Gasteiger partial charge < -0.3 is 38.0 Å². The van der Waals surface area contributed by atoms with Crippen molar-refractivity contribution in [3.8, 4) is 5.75 Å². The van der Waals surface area contributed by atoms with Crippen LogP contribution in [0.2, 0.25) is 0 Å². The number of carboxylic acid groups (broad SMARTS) is 1. The first-order chi connectivity index (χ1) is 15.0. The summed E-state index contributed by atoms with van der Waals surface area (Å²) in [6, 6.07) is 3.10. The number of carboxylic acids is 1. The number of benzene rings is 1. The third kappa shape index (κ3) is 10.1. The number of phenolic OH excluding ortho intramolecular Hbond substituents is 1. The molecule has 32 heavy (non-hydrogen) atoms. The minimum absolute atomic E-state index is 0.0418. The predicted molar refractivity (Wildman–Crippen MR) is 121 cm³/mol. The van der Waals surface area contributed by atoms with Gasteiger partial charge in [-0.2, -0.15) is 0 Å². The molecule has 3 atom stereocenters. The molecular formula is C21H34N6O5. The van der Waals surface area contributed by atoms with Crippen LogP contribution in [0, 0.1) is 5.92 Å². The summed E-state index contributed by atoms with van der Waals surface area (Å²) in [5.41, 5.74) is 17.1. The normalized spacial score (nSPS) is 13.6. The molecule has 1 rings (SSSR count). The van der Waals surface area contributed by atoms with Crippen molar-refractivity contribution in [3.63, 3.8) is 0 Å². The number of nitrogens with one attached hydrogen (secondary N) is 2. The highest BCUT2D eigenvalue weighted by atomic mass is 16.4. The molecule has 11 nitrogen and oxygen atoms in total. The van der Waals surface area contributed by atoms with Gasteiger partial charge in [0.15, 0.2) is 5.96 Å². The molecule has 0 aliphatic rings. The third-order valence-electron chi connectivity index (χ3n) is 4.64. The number of guanidine groups is 1. The van der Waals surface area contributed by atoms with Crippen molar-refractivity contribution >= 4 is 23.7 Å². The van der Waals surface area contributed by atoms with Crippen molar-refractivity contribution in [2.75, 3.05) is 6.54 Å². The zero-order chi connectivity index (χ0) is 24.3. The van der Waals surface area contributed by atoms with E-state index in [-0.39, 0.29) is 30.5 Å². The second kappa shape index (κ2) is 13.2. The largest absolute Gasteiger partial charge is 0.508 e. The van der Waals surface area contributed by atoms with Crippen LogP contribution < -0.4 is 27.8 Å². The lowest BCUT2D eigenvalue weighted by atomic mass is 10.0. The highest BCUT2D eigenvalue weighted by Crippen LogP contribution is 2.12. The van der Waals surface area contributed by atoms with E-state index in [9.17, 15) is 24.6 Å². The van der Waals surface area contributed by atoms with Gasteiger partial charge in [0.05, 0.1) is 6.04 Å². The van der Waals surface area contributed by atoms with Gasteiger partial charge >= 0.3 is 5.97 Å². The average molecular weight is 451 g/mol. The van der Waals surface area contributed by atoms with Crippen LogP contribution in [-0.2, 0) is 20.8 Å². The van der Waals surface area contributed by atoms with Crippen LogP contribution in [0.25, 0.3) is 0 Å². The summed E-state index contributed by atoms with van der Waals surface area (Å²) in [6.07, 6.45) is 1.09. The van der Waals surface area contributed by atoms with Gasteiger partial charge in [-0.25, -0.2) is 4.79 Å². The Morgan fingerprint density at radius 3 is 2.16 bits per heavy atom. The molecule has 0 spiro atoms. The van der Waals surface area contributed by atoms with E-state index in [0.29, 0.717) is 24.9 Å². The summed E-state index contributed by atoms with van der Waals surface area (Å²) in [6.45, 7) is 4.01. The Labute approximate surface area is 187 Å². The number of hydrogen-bond acceptors (Lipinski definition) is 6. The van der Waals surface area contributed by atoms with Crippen LogP contribution in [0.5, 0.6) is 5.75 Å². The molecule has 0 saturated carbocycles. The second-order valence-corrected chi connectivity index (χ2v) is 8.02. The number of nitrogens with two attached hydrogens (primary N) is 3. The number of aliphatic carboxylic acids is 1. The summed E-state index contributed by atoms with van der Waals surface area (Å²) < 4.78 is 0. The van der Waals surface area contributed by atoms with Crippen molar-refractivity contribution in [1.82, 2.24) is 10.6 Å². The second-order valence-electron chi connectivity index (χ2n) is 8.02. The van der Waals surface area contributed by atoms with Gasteiger partial charge in [-0.05, 0) is 42.9 Å². The summed E-state index contributed by atoms with van der Waals surface area (Å²) in [5, 5.41) is 24.0. The fourth-order valence-corrected chi connectivity index (χ4v) is 2.97. The molecule has 11 heteroatoms. The Morgan fingerprint density at radius 1 is 1.03 bits per heavy atom. The maximum Gasteiger partial charge on any atom is 0.326 e. The molecular weight excluding hydrogens is 416 g/mol. The van der Waals surface area contributed by atoms with Gasteiger partial charge in [0, 0.05) is 13.0 Å². The number of carbonyl (C=O) groups excluding carboxylic acids is 2. The average Bonchev–Trinajstić information content (AvgIpc) is 2.70. The molecule has 0 unspecified atom stereocenters. The van der Waals surface area contributed by atoms with Crippen LogP contribution in [-0.4, -0.2) is 58.6 Å². The zero-order valence-corrected chi connectivity index (χ0v) is 18.5. The van der Waals surface area contributed by atoms with Gasteiger partial charge in [0.2, 0.25) is 11.8 Å². The van der Waals surface area contributed by atoms with Gasteiger partial charge in [0.1, 0.15) is 17.8 Å². The Morgan fingerprint density at radius 2 is 1.62 bits per heavy atom. The molecule has 0 aromatic heterocycles. The van der Waals surface area contributed by atoms with Crippen molar-refractivity contribution in [2.45, 2.75) is 57.7 Å². The van der Waals surface area contributed by atoms with E-state index in [2.05, 4.69) is 15.6 Å². The molecule has 1 aromatic carbocycles. The van der Waals surface area contributed by atoms with E-state index >= 15 is 0 Å². The number of nitrogens with zero attached hydrogens (tertiary/aromatic N) is 1. The maximum absolute atomic E-state index is 12.9. The number of rotatable bonds is 13. The Bertz CT molecular complexity index is 792. The molecule has 0 bridgehead atoms. The lowest BCUT2D eigenvalue weighted by Crippen LogP contribution is -2.55. The lowest BCUT2D eigenvalue weighted by molar-refractivity contribution is -0.142. The number of carbonyl (C=O) groups is 3. The van der Waals surface area contributed by atoms with Gasteiger partial charge in [0.25, 0.3) is 0 Å². The summed E-state index contributed by atoms with van der Waals surface area (Å²) in [7, 11) is 0. The summed E-state index contributed by atoms with van der Waals surface area (Å²) in [5.74, 6) is -2.29. The van der Waals surface area contributed by atoms with Crippen LogP contribution in [0.4, 0.5) is 0 Å². The van der Waals surface area contributed by atoms with E-state index < -0.39 is 35.9 Å². The molecule has 10 N–H and O–H groups in total. The predicted octanol–water partition coefficient (Wildman–Crippen LogP) is -0.584. The van der Waals surface area contributed by atoms with E-state index in [1.165, 1.54) is 12.1 Å². The summed E-state index contributed by atoms with van der Waals surface area (Å²) >= 11 is 0. The van der Waals surface area contributed by atoms with Crippen molar-refractivity contribution in [3.05, 3.63) is 29.8 Å². The first-order valence-corrected chi connectivity index (χ1v) is 10.4. The number of aliphatic imine (C=N–C) groups is 1. The fraction of sp³-hybridized carbons (Fsp3) is 0.524.